The molecule has 4 rings (SSSR count). The molecule has 1 N–H and O–H groups in total. The van der Waals surface area contributed by atoms with Crippen molar-refractivity contribution in [3.63, 3.8) is 0 Å². The molecule has 1 aliphatic rings. The zero-order chi connectivity index (χ0) is 27.6. The first-order chi connectivity index (χ1) is 18.1. The van der Waals surface area contributed by atoms with Crippen LogP contribution in [0.5, 0.6) is 17.2 Å². The summed E-state index contributed by atoms with van der Waals surface area (Å²) in [7, 11) is 3.54. The fraction of sp³-hybridized carbons (Fsp3) is 0.517. The predicted octanol–water partition coefficient (Wildman–Crippen LogP) is 4.28. The lowest BCUT2D eigenvalue weighted by Gasteiger charge is -2.33. The average molecular weight is 525 g/mol. The summed E-state index contributed by atoms with van der Waals surface area (Å²) in [6.45, 7) is 13.9. The third-order valence-electron chi connectivity index (χ3n) is 6.93. The molecule has 0 atom stereocenters. The number of rotatable bonds is 9. The van der Waals surface area contributed by atoms with Crippen LogP contribution in [0, 0.1) is 5.41 Å². The molecular weight excluding hydrogens is 484 g/mol. The zero-order valence-electron chi connectivity index (χ0n) is 23.6. The Morgan fingerprint density at radius 2 is 1.66 bits per heavy atom. The van der Waals surface area contributed by atoms with Gasteiger partial charge in [0.15, 0.2) is 17.3 Å². The van der Waals surface area contributed by atoms with Crippen LogP contribution in [0.25, 0.3) is 10.9 Å². The fourth-order valence-corrected chi connectivity index (χ4v) is 4.96. The van der Waals surface area contributed by atoms with Gasteiger partial charge in [0.1, 0.15) is 17.8 Å². The van der Waals surface area contributed by atoms with Gasteiger partial charge < -0.3 is 23.8 Å². The molecule has 0 bridgehead atoms. The van der Waals surface area contributed by atoms with Crippen LogP contribution in [-0.4, -0.2) is 61.8 Å². The Labute approximate surface area is 224 Å². The third-order valence-corrected chi connectivity index (χ3v) is 6.93. The van der Waals surface area contributed by atoms with Gasteiger partial charge in [0.05, 0.1) is 44.7 Å². The summed E-state index contributed by atoms with van der Waals surface area (Å²) in [6, 6.07) is 7.58. The molecular formula is C29H40N4O5. The Kier molecular flexibility index (Phi) is 8.06. The fourth-order valence-electron chi connectivity index (χ4n) is 4.96. The summed E-state index contributed by atoms with van der Waals surface area (Å²) >= 11 is 0. The highest BCUT2D eigenvalue weighted by Crippen LogP contribution is 2.40. The van der Waals surface area contributed by atoms with Crippen molar-refractivity contribution >= 4 is 22.4 Å². The van der Waals surface area contributed by atoms with E-state index in [9.17, 15) is 4.79 Å². The van der Waals surface area contributed by atoms with Gasteiger partial charge in [-0.2, -0.15) is 0 Å². The molecule has 0 unspecified atom stereocenters. The Morgan fingerprint density at radius 3 is 2.24 bits per heavy atom. The minimum absolute atomic E-state index is 0.0242. The maximum atomic E-state index is 13.8. The number of hydrogen-bond donors (Lipinski definition) is 1. The van der Waals surface area contributed by atoms with Crippen molar-refractivity contribution in [3.8, 4) is 17.2 Å². The van der Waals surface area contributed by atoms with Gasteiger partial charge in [-0.25, -0.2) is 0 Å². The van der Waals surface area contributed by atoms with Gasteiger partial charge in [-0.3, -0.25) is 19.6 Å². The molecule has 3 aromatic rings. The molecule has 1 aliphatic heterocycles. The molecule has 1 fully saturated rings. The number of methoxy groups -OCH3 is 1. The van der Waals surface area contributed by atoms with Crippen LogP contribution in [-0.2, 0) is 23.7 Å². The molecule has 9 heteroatoms. The predicted molar refractivity (Wildman–Crippen MR) is 148 cm³/mol. The number of morpholine rings is 1. The molecule has 0 saturated carbocycles. The second-order valence-electron chi connectivity index (χ2n) is 10.5. The Morgan fingerprint density at radius 1 is 1.03 bits per heavy atom. The quantitative estimate of drug-likeness (QED) is 0.420. The zero-order valence-corrected chi connectivity index (χ0v) is 23.6. The maximum Gasteiger partial charge on any atom is 0.184 e. The first-order valence-electron chi connectivity index (χ1n) is 13.2. The standard InChI is InChI=1S/C29H40N4O5/c1-8-37-25-16-20-22(17-26(25)38-9-2)31(6)33(28(20)30)18-24(34)19-14-21(29(3,4)5)27(35-7)23(15-19)32-10-12-36-13-11-32/h14-17,30H,8-13,18H2,1-7H3. The van der Waals surface area contributed by atoms with E-state index in [0.717, 1.165) is 35.6 Å². The van der Waals surface area contributed by atoms with Crippen LogP contribution in [0.3, 0.4) is 0 Å². The van der Waals surface area contributed by atoms with Crippen LogP contribution >= 0.6 is 0 Å². The average Bonchev–Trinajstić information content (AvgIpc) is 3.12. The van der Waals surface area contributed by atoms with Crippen LogP contribution in [0.4, 0.5) is 5.69 Å². The van der Waals surface area contributed by atoms with Gasteiger partial charge in [-0.1, -0.05) is 20.8 Å². The van der Waals surface area contributed by atoms with E-state index in [1.165, 1.54) is 0 Å². The molecule has 0 amide bonds. The molecule has 38 heavy (non-hydrogen) atoms. The monoisotopic (exact) mass is 524 g/mol. The van der Waals surface area contributed by atoms with E-state index < -0.39 is 0 Å². The number of carbonyl (C=O) groups is 1. The van der Waals surface area contributed by atoms with Crippen molar-refractivity contribution in [1.82, 2.24) is 9.36 Å². The number of carbonyl (C=O) groups excluding carboxylic acids is 1. The van der Waals surface area contributed by atoms with Crippen LogP contribution in [0.2, 0.25) is 0 Å². The smallest absolute Gasteiger partial charge is 0.184 e. The number of aryl methyl sites for hydroxylation is 1. The van der Waals surface area contributed by atoms with Gasteiger partial charge in [0, 0.05) is 42.7 Å². The lowest BCUT2D eigenvalue weighted by atomic mass is 9.84. The van der Waals surface area contributed by atoms with Crippen molar-refractivity contribution in [2.75, 3.05) is 51.5 Å². The number of Topliss-reactive ketones (excluding diaryl/α,β-unsaturated/α-hetero) is 1. The molecule has 2 heterocycles. The van der Waals surface area contributed by atoms with E-state index in [1.54, 1.807) is 11.8 Å². The molecule has 0 radical (unpaired) electrons. The maximum absolute atomic E-state index is 13.8. The summed E-state index contributed by atoms with van der Waals surface area (Å²) < 4.78 is 26.5. The highest BCUT2D eigenvalue weighted by molar-refractivity contribution is 5.98. The summed E-state index contributed by atoms with van der Waals surface area (Å²) in [4.78, 5) is 16.0. The minimum atomic E-state index is -0.235. The van der Waals surface area contributed by atoms with E-state index in [0.29, 0.717) is 48.9 Å². The number of ether oxygens (including phenoxy) is 4. The normalized spacial score (nSPS) is 14.1. The summed E-state index contributed by atoms with van der Waals surface area (Å²) in [6.07, 6.45) is 0. The SMILES string of the molecule is CCOc1cc2c(=N)n(CC(=O)c3cc(N4CCOCC4)c(OC)c(C(C)(C)C)c3)n(C)c2cc1OCC. The van der Waals surface area contributed by atoms with Crippen molar-refractivity contribution in [2.45, 2.75) is 46.6 Å². The lowest BCUT2D eigenvalue weighted by Crippen LogP contribution is -2.37. The van der Waals surface area contributed by atoms with Crippen LogP contribution in [0.15, 0.2) is 24.3 Å². The largest absolute Gasteiger partial charge is 0.494 e. The molecule has 2 aromatic carbocycles. The number of nitrogens with one attached hydrogen (secondary N) is 1. The second-order valence-corrected chi connectivity index (χ2v) is 10.5. The first-order valence-corrected chi connectivity index (χ1v) is 13.2. The number of benzene rings is 2. The highest BCUT2D eigenvalue weighted by atomic mass is 16.5. The van der Waals surface area contributed by atoms with Gasteiger partial charge in [-0.15, -0.1) is 0 Å². The summed E-state index contributed by atoms with van der Waals surface area (Å²) in [5.74, 6) is 1.94. The molecule has 1 saturated heterocycles. The van der Waals surface area contributed by atoms with Gasteiger partial charge in [0.25, 0.3) is 0 Å². The first kappa shape index (κ1) is 27.6. The Balaban J connectivity index is 1.78. The van der Waals surface area contributed by atoms with E-state index in [-0.39, 0.29) is 23.2 Å². The molecule has 1 aromatic heterocycles. The van der Waals surface area contributed by atoms with E-state index in [2.05, 4.69) is 25.7 Å². The lowest BCUT2D eigenvalue weighted by molar-refractivity contribution is 0.0961. The Hall–Kier alpha value is -3.46. The Bertz CT molecular complexity index is 1380. The van der Waals surface area contributed by atoms with Crippen LogP contribution in [0.1, 0.15) is 50.5 Å². The minimum Gasteiger partial charge on any atom is -0.494 e. The molecule has 9 nitrogen and oxygen atoms in total. The number of aromatic nitrogens is 2. The van der Waals surface area contributed by atoms with Crippen molar-refractivity contribution in [2.24, 2.45) is 7.05 Å². The highest BCUT2D eigenvalue weighted by Gasteiger charge is 2.27. The second kappa shape index (κ2) is 11.1. The van der Waals surface area contributed by atoms with Crippen LogP contribution < -0.4 is 24.6 Å². The van der Waals surface area contributed by atoms with E-state index in [1.807, 2.05) is 49.8 Å². The molecule has 0 spiro atoms. The van der Waals surface area contributed by atoms with Gasteiger partial charge >= 0.3 is 0 Å². The number of nitrogens with zero attached hydrogens (tertiary/aromatic N) is 3. The van der Waals surface area contributed by atoms with Gasteiger partial charge in [-0.05, 0) is 37.5 Å². The number of ketones is 1. The third kappa shape index (κ3) is 5.25. The van der Waals surface area contributed by atoms with Crippen molar-refractivity contribution in [3.05, 3.63) is 40.9 Å². The summed E-state index contributed by atoms with van der Waals surface area (Å²) in [5.41, 5.74) is 3.29. The molecule has 0 aliphatic carbocycles. The topological polar surface area (TPSA) is 90.9 Å². The van der Waals surface area contributed by atoms with E-state index >= 15 is 0 Å². The van der Waals surface area contributed by atoms with Gasteiger partial charge in [0.2, 0.25) is 0 Å². The molecule has 206 valence electrons. The van der Waals surface area contributed by atoms with Crippen molar-refractivity contribution in [1.29, 1.82) is 5.41 Å². The number of hydrogen-bond acceptors (Lipinski definition) is 7. The van der Waals surface area contributed by atoms with E-state index in [4.69, 9.17) is 24.4 Å². The number of fused-ring (bicyclic) bond motifs is 1. The number of anilines is 1. The summed E-state index contributed by atoms with van der Waals surface area (Å²) in [5, 5.41) is 9.58. The van der Waals surface area contributed by atoms with Crippen molar-refractivity contribution < 1.29 is 23.7 Å².